The first-order chi connectivity index (χ1) is 12.8. The molecule has 0 aliphatic heterocycles. The highest BCUT2D eigenvalue weighted by Crippen LogP contribution is 2.22. The minimum atomic E-state index is -4.06. The molecule has 0 atom stereocenters. The van der Waals surface area contributed by atoms with E-state index in [-0.39, 0.29) is 10.6 Å². The number of hydrogen-bond acceptors (Lipinski definition) is 4. The van der Waals surface area contributed by atoms with Gasteiger partial charge in [0.05, 0.1) is 0 Å². The number of aryl methyl sites for hydroxylation is 2. The number of sulfonamides is 1. The average molecular weight is 405 g/mol. The van der Waals surface area contributed by atoms with Crippen molar-refractivity contribution in [3.8, 4) is 0 Å². The molecule has 140 valence electrons. The van der Waals surface area contributed by atoms with Gasteiger partial charge in [0.25, 0.3) is 15.9 Å². The highest BCUT2D eigenvalue weighted by Gasteiger charge is 2.28. The Bertz CT molecular complexity index is 1090. The number of nitrogens with one attached hydrogen (secondary N) is 3. The van der Waals surface area contributed by atoms with Crippen molar-refractivity contribution in [2.75, 3.05) is 10.0 Å². The molecule has 7 nitrogen and oxygen atoms in total. The van der Waals surface area contributed by atoms with Crippen molar-refractivity contribution in [2.45, 2.75) is 18.9 Å². The molecule has 3 N–H and O–H groups in total. The molecule has 2 aromatic carbocycles. The molecule has 0 aliphatic carbocycles. The quantitative estimate of drug-likeness (QED) is 0.602. The highest BCUT2D eigenvalue weighted by molar-refractivity contribution is 7.92. The summed E-state index contributed by atoms with van der Waals surface area (Å²) in [6.45, 7) is 3.47. The Morgan fingerprint density at radius 1 is 1.07 bits per heavy atom. The fraction of sp³-hybridized carbons (Fsp3) is 0.111. The third-order valence-corrected chi connectivity index (χ3v) is 5.33. The maximum Gasteiger partial charge on any atom is 0.282 e. The maximum atomic E-state index is 12.7. The molecule has 1 heterocycles. The molecule has 3 rings (SSSR count). The van der Waals surface area contributed by atoms with Gasteiger partial charge in [-0.3, -0.25) is 14.6 Å². The van der Waals surface area contributed by atoms with Crippen molar-refractivity contribution >= 4 is 38.9 Å². The van der Waals surface area contributed by atoms with Gasteiger partial charge in [0.15, 0.2) is 0 Å². The van der Waals surface area contributed by atoms with Crippen LogP contribution in [-0.2, 0) is 10.0 Å². The average Bonchev–Trinajstić information content (AvgIpc) is 2.99. The number of carbonyl (C=O) groups is 1. The number of amides is 1. The molecule has 9 heteroatoms. The summed E-state index contributed by atoms with van der Waals surface area (Å²) < 4.78 is 27.9. The molecule has 0 fully saturated rings. The van der Waals surface area contributed by atoms with Gasteiger partial charge in [0, 0.05) is 22.1 Å². The van der Waals surface area contributed by atoms with E-state index < -0.39 is 15.9 Å². The standard InChI is InChI=1S/C18H17ClN4O3S/c1-11-6-8-14(9-7-11)23-27(25,26)18-16(12(2)21-22-18)17(24)20-15-5-3-4-13(19)10-15/h3-10,23H,1-2H3,(H,20,24)(H,21,22). The highest BCUT2D eigenvalue weighted by atomic mass is 35.5. The largest absolute Gasteiger partial charge is 0.322 e. The third kappa shape index (κ3) is 4.29. The lowest BCUT2D eigenvalue weighted by atomic mass is 10.2. The van der Waals surface area contributed by atoms with Gasteiger partial charge < -0.3 is 5.32 Å². The lowest BCUT2D eigenvalue weighted by Crippen LogP contribution is -2.20. The third-order valence-electron chi connectivity index (χ3n) is 3.78. The van der Waals surface area contributed by atoms with E-state index in [1.54, 1.807) is 55.5 Å². The Kier molecular flexibility index (Phi) is 5.20. The number of carbonyl (C=O) groups excluding carboxylic acids is 1. The summed E-state index contributed by atoms with van der Waals surface area (Å²) in [5.41, 5.74) is 2.09. The predicted molar refractivity (Wildman–Crippen MR) is 105 cm³/mol. The van der Waals surface area contributed by atoms with E-state index in [1.165, 1.54) is 0 Å². The minimum Gasteiger partial charge on any atom is -0.322 e. The van der Waals surface area contributed by atoms with E-state index in [9.17, 15) is 13.2 Å². The summed E-state index contributed by atoms with van der Waals surface area (Å²) in [6, 6.07) is 13.4. The molecule has 0 saturated carbocycles. The van der Waals surface area contributed by atoms with Crippen molar-refractivity contribution < 1.29 is 13.2 Å². The Labute approximate surface area is 161 Å². The van der Waals surface area contributed by atoms with E-state index in [1.807, 2.05) is 6.92 Å². The number of halogens is 1. The van der Waals surface area contributed by atoms with Crippen molar-refractivity contribution in [2.24, 2.45) is 0 Å². The van der Waals surface area contributed by atoms with Crippen LogP contribution in [0.1, 0.15) is 21.6 Å². The fourth-order valence-electron chi connectivity index (χ4n) is 2.45. The topological polar surface area (TPSA) is 104 Å². The van der Waals surface area contributed by atoms with Gasteiger partial charge in [-0.25, -0.2) is 0 Å². The molecule has 0 spiro atoms. The molecule has 27 heavy (non-hydrogen) atoms. The maximum absolute atomic E-state index is 12.7. The van der Waals surface area contributed by atoms with E-state index >= 15 is 0 Å². The molecule has 0 saturated heterocycles. The first-order valence-electron chi connectivity index (χ1n) is 7.97. The first-order valence-corrected chi connectivity index (χ1v) is 9.84. The van der Waals surface area contributed by atoms with Crippen LogP contribution in [0.2, 0.25) is 5.02 Å². The second kappa shape index (κ2) is 7.42. The SMILES string of the molecule is Cc1ccc(NS(=O)(=O)c2n[nH]c(C)c2C(=O)Nc2cccc(Cl)c2)cc1. The fourth-order valence-corrected chi connectivity index (χ4v) is 3.87. The summed E-state index contributed by atoms with van der Waals surface area (Å²) in [6.07, 6.45) is 0. The summed E-state index contributed by atoms with van der Waals surface area (Å²) >= 11 is 5.91. The number of H-pyrrole nitrogens is 1. The van der Waals surface area contributed by atoms with Gasteiger partial charge in [0.1, 0.15) is 5.56 Å². The van der Waals surface area contributed by atoms with E-state index in [2.05, 4.69) is 20.2 Å². The first kappa shape index (κ1) is 18.9. The Morgan fingerprint density at radius 3 is 2.44 bits per heavy atom. The van der Waals surface area contributed by atoms with Crippen molar-refractivity contribution in [1.29, 1.82) is 0 Å². The number of nitrogens with zero attached hydrogens (tertiary/aromatic N) is 1. The minimum absolute atomic E-state index is 0.0606. The Hall–Kier alpha value is -2.84. The van der Waals surface area contributed by atoms with Crippen molar-refractivity contribution in [1.82, 2.24) is 10.2 Å². The van der Waals surface area contributed by atoms with Crippen LogP contribution in [0, 0.1) is 13.8 Å². The summed E-state index contributed by atoms with van der Waals surface area (Å²) in [5, 5.41) is 9.09. The smallest absolute Gasteiger partial charge is 0.282 e. The van der Waals surface area contributed by atoms with Crippen LogP contribution >= 0.6 is 11.6 Å². The lowest BCUT2D eigenvalue weighted by Gasteiger charge is -2.09. The van der Waals surface area contributed by atoms with Crippen LogP contribution in [0.15, 0.2) is 53.6 Å². The van der Waals surface area contributed by atoms with Crippen molar-refractivity contribution in [3.63, 3.8) is 0 Å². The van der Waals surface area contributed by atoms with Crippen LogP contribution in [-0.4, -0.2) is 24.5 Å². The van der Waals surface area contributed by atoms with Crippen LogP contribution in [0.5, 0.6) is 0 Å². The predicted octanol–water partition coefficient (Wildman–Crippen LogP) is 3.73. The van der Waals surface area contributed by atoms with Crippen LogP contribution in [0.25, 0.3) is 0 Å². The second-order valence-electron chi connectivity index (χ2n) is 5.96. The molecule has 1 amide bonds. The number of aromatic nitrogens is 2. The Morgan fingerprint density at radius 2 is 1.78 bits per heavy atom. The van der Waals surface area contributed by atoms with Gasteiger partial charge in [-0.1, -0.05) is 35.4 Å². The zero-order valence-corrected chi connectivity index (χ0v) is 16.1. The molecular weight excluding hydrogens is 388 g/mol. The normalized spacial score (nSPS) is 11.2. The molecule has 0 unspecified atom stereocenters. The molecule has 3 aromatic rings. The molecule has 0 aliphatic rings. The zero-order chi connectivity index (χ0) is 19.6. The number of benzene rings is 2. The van der Waals surface area contributed by atoms with Crippen LogP contribution < -0.4 is 10.0 Å². The Balaban J connectivity index is 1.91. The number of hydrogen-bond donors (Lipinski definition) is 3. The van der Waals surface area contributed by atoms with Gasteiger partial charge in [-0.05, 0) is 44.2 Å². The second-order valence-corrected chi connectivity index (χ2v) is 8.00. The van der Waals surface area contributed by atoms with Gasteiger partial charge >= 0.3 is 0 Å². The zero-order valence-electron chi connectivity index (χ0n) is 14.6. The number of anilines is 2. The molecular formula is C18H17ClN4O3S. The monoisotopic (exact) mass is 404 g/mol. The summed E-state index contributed by atoms with van der Waals surface area (Å²) in [7, 11) is -4.06. The van der Waals surface area contributed by atoms with Crippen LogP contribution in [0.3, 0.4) is 0 Å². The van der Waals surface area contributed by atoms with Gasteiger partial charge in [-0.2, -0.15) is 13.5 Å². The number of aromatic amines is 1. The summed E-state index contributed by atoms with van der Waals surface area (Å²) in [4.78, 5) is 12.7. The number of rotatable bonds is 5. The van der Waals surface area contributed by atoms with E-state index in [0.29, 0.717) is 22.1 Å². The van der Waals surface area contributed by atoms with E-state index in [4.69, 9.17) is 11.6 Å². The molecule has 0 radical (unpaired) electrons. The van der Waals surface area contributed by atoms with Crippen LogP contribution in [0.4, 0.5) is 11.4 Å². The molecule has 0 bridgehead atoms. The lowest BCUT2D eigenvalue weighted by molar-refractivity contribution is 0.102. The van der Waals surface area contributed by atoms with Gasteiger partial charge in [-0.15, -0.1) is 0 Å². The van der Waals surface area contributed by atoms with Crippen molar-refractivity contribution in [3.05, 3.63) is 70.4 Å². The van der Waals surface area contributed by atoms with Gasteiger partial charge in [0.2, 0.25) is 5.03 Å². The van der Waals surface area contributed by atoms with E-state index in [0.717, 1.165) is 5.56 Å². The summed E-state index contributed by atoms with van der Waals surface area (Å²) in [5.74, 6) is -0.604. The molecule has 1 aromatic heterocycles.